The van der Waals surface area contributed by atoms with Crippen molar-refractivity contribution in [3.05, 3.63) is 71.8 Å². The highest BCUT2D eigenvalue weighted by atomic mass is 16.3. The van der Waals surface area contributed by atoms with E-state index in [0.29, 0.717) is 0 Å². The maximum absolute atomic E-state index is 12.1. The first-order valence-corrected chi connectivity index (χ1v) is 7.52. The Morgan fingerprint density at radius 2 is 2.04 bits per heavy atom. The molecule has 1 amide bonds. The fourth-order valence-electron chi connectivity index (χ4n) is 2.45. The van der Waals surface area contributed by atoms with Crippen LogP contribution in [0.2, 0.25) is 0 Å². The normalized spacial score (nSPS) is 12.6. The number of aromatic nitrogens is 1. The van der Waals surface area contributed by atoms with E-state index in [0.717, 1.165) is 28.0 Å². The smallest absolute Gasteiger partial charge is 0.244 e. The summed E-state index contributed by atoms with van der Waals surface area (Å²) in [6.07, 6.45) is 5.06. The van der Waals surface area contributed by atoms with Crippen LogP contribution in [0.4, 0.5) is 0 Å². The molecule has 0 saturated heterocycles. The number of hydrogen-bond acceptors (Lipinski definition) is 3. The Morgan fingerprint density at radius 1 is 1.22 bits per heavy atom. The molecule has 1 atom stereocenters. The summed E-state index contributed by atoms with van der Waals surface area (Å²) in [4.78, 5) is 16.5. The molecule has 116 valence electrons. The van der Waals surface area contributed by atoms with E-state index >= 15 is 0 Å². The van der Waals surface area contributed by atoms with Gasteiger partial charge in [0.05, 0.1) is 11.6 Å². The van der Waals surface area contributed by atoms with E-state index in [4.69, 9.17) is 4.42 Å². The van der Waals surface area contributed by atoms with Crippen molar-refractivity contribution in [1.29, 1.82) is 0 Å². The van der Waals surface area contributed by atoms with Gasteiger partial charge in [0.15, 0.2) is 0 Å². The predicted octanol–water partition coefficient (Wildman–Crippen LogP) is 4.03. The summed E-state index contributed by atoms with van der Waals surface area (Å²) >= 11 is 0. The van der Waals surface area contributed by atoms with E-state index in [9.17, 15) is 4.79 Å². The number of amides is 1. The summed E-state index contributed by atoms with van der Waals surface area (Å²) in [7, 11) is 0. The number of pyridine rings is 1. The van der Waals surface area contributed by atoms with Crippen LogP contribution in [0.3, 0.4) is 0 Å². The third-order valence-corrected chi connectivity index (χ3v) is 3.62. The van der Waals surface area contributed by atoms with Gasteiger partial charge in [-0.1, -0.05) is 24.3 Å². The highest BCUT2D eigenvalue weighted by Crippen LogP contribution is 2.18. The lowest BCUT2D eigenvalue weighted by atomic mass is 10.1. The van der Waals surface area contributed by atoms with Crippen LogP contribution in [0.1, 0.15) is 30.0 Å². The summed E-state index contributed by atoms with van der Waals surface area (Å²) < 4.78 is 5.52. The third-order valence-electron chi connectivity index (χ3n) is 3.62. The molecule has 4 heteroatoms. The number of rotatable bonds is 4. The van der Waals surface area contributed by atoms with Crippen molar-refractivity contribution in [3.8, 4) is 0 Å². The standard InChI is InChI=1S/C19H18N2O2/c1-13-8-10-17(23-13)14(2)21-18(22)11-9-16-6-3-5-15-7-4-12-20-19(15)16/h3-12,14H,1-2H3,(H,21,22)/b11-9+. The van der Waals surface area contributed by atoms with Gasteiger partial charge in [0.1, 0.15) is 11.5 Å². The minimum atomic E-state index is -0.175. The number of para-hydroxylation sites is 1. The SMILES string of the molecule is Cc1ccc(C(C)NC(=O)/C=C/c2cccc3cccnc23)o1. The van der Waals surface area contributed by atoms with Crippen LogP contribution < -0.4 is 5.32 Å². The van der Waals surface area contributed by atoms with Crippen molar-refractivity contribution < 1.29 is 9.21 Å². The Kier molecular flexibility index (Phi) is 4.24. The zero-order chi connectivity index (χ0) is 16.2. The van der Waals surface area contributed by atoms with E-state index in [1.165, 1.54) is 6.08 Å². The quantitative estimate of drug-likeness (QED) is 0.740. The van der Waals surface area contributed by atoms with Gasteiger partial charge in [-0.2, -0.15) is 0 Å². The molecule has 1 unspecified atom stereocenters. The maximum Gasteiger partial charge on any atom is 0.244 e. The lowest BCUT2D eigenvalue weighted by Gasteiger charge is -2.09. The number of carbonyl (C=O) groups is 1. The van der Waals surface area contributed by atoms with E-state index in [2.05, 4.69) is 10.3 Å². The van der Waals surface area contributed by atoms with Gasteiger partial charge in [-0.3, -0.25) is 9.78 Å². The second-order valence-electron chi connectivity index (χ2n) is 5.43. The highest BCUT2D eigenvalue weighted by molar-refractivity contribution is 5.95. The number of nitrogens with zero attached hydrogens (tertiary/aromatic N) is 1. The van der Waals surface area contributed by atoms with Crippen LogP contribution in [0, 0.1) is 6.92 Å². The number of hydrogen-bond donors (Lipinski definition) is 1. The summed E-state index contributed by atoms with van der Waals surface area (Å²) in [6, 6.07) is 13.4. The first-order chi connectivity index (χ1) is 11.1. The molecule has 0 aliphatic rings. The minimum absolute atomic E-state index is 0.167. The second kappa shape index (κ2) is 6.48. The van der Waals surface area contributed by atoms with Crippen LogP contribution in [-0.2, 0) is 4.79 Å². The van der Waals surface area contributed by atoms with Gasteiger partial charge in [0, 0.05) is 23.2 Å². The van der Waals surface area contributed by atoms with E-state index in [1.807, 2.05) is 56.3 Å². The fourth-order valence-corrected chi connectivity index (χ4v) is 2.45. The molecule has 23 heavy (non-hydrogen) atoms. The molecular formula is C19H18N2O2. The van der Waals surface area contributed by atoms with Crippen LogP contribution in [0.25, 0.3) is 17.0 Å². The Bertz CT molecular complexity index is 859. The van der Waals surface area contributed by atoms with Gasteiger partial charge in [-0.25, -0.2) is 0 Å². The van der Waals surface area contributed by atoms with Gasteiger partial charge < -0.3 is 9.73 Å². The first kappa shape index (κ1) is 15.0. The van der Waals surface area contributed by atoms with Gasteiger partial charge in [0.25, 0.3) is 0 Å². The molecule has 1 N–H and O–H groups in total. The molecule has 0 radical (unpaired) electrons. The number of carbonyl (C=O) groups excluding carboxylic acids is 1. The second-order valence-corrected chi connectivity index (χ2v) is 5.43. The van der Waals surface area contributed by atoms with Crippen LogP contribution >= 0.6 is 0 Å². The van der Waals surface area contributed by atoms with Gasteiger partial charge in [0.2, 0.25) is 5.91 Å². The van der Waals surface area contributed by atoms with E-state index in [-0.39, 0.29) is 11.9 Å². The lowest BCUT2D eigenvalue weighted by molar-refractivity contribution is -0.117. The summed E-state index contributed by atoms with van der Waals surface area (Å²) in [5, 5.41) is 3.94. The van der Waals surface area contributed by atoms with Gasteiger partial charge in [-0.15, -0.1) is 0 Å². The maximum atomic E-state index is 12.1. The predicted molar refractivity (Wildman–Crippen MR) is 90.8 cm³/mol. The summed E-state index contributed by atoms with van der Waals surface area (Å²) in [5.41, 5.74) is 1.80. The average molecular weight is 306 g/mol. The van der Waals surface area contributed by atoms with Gasteiger partial charge in [-0.05, 0) is 38.1 Å². The molecule has 0 bridgehead atoms. The number of fused-ring (bicyclic) bond motifs is 1. The van der Waals surface area contributed by atoms with Gasteiger partial charge >= 0.3 is 0 Å². The zero-order valence-electron chi connectivity index (χ0n) is 13.1. The average Bonchev–Trinajstić information content (AvgIpc) is 2.99. The Balaban J connectivity index is 1.73. The van der Waals surface area contributed by atoms with Crippen molar-refractivity contribution in [3.63, 3.8) is 0 Å². The molecular weight excluding hydrogens is 288 g/mol. The molecule has 2 heterocycles. The van der Waals surface area contributed by atoms with Crippen molar-refractivity contribution >= 4 is 22.9 Å². The molecule has 0 aliphatic carbocycles. The van der Waals surface area contributed by atoms with Crippen molar-refractivity contribution in [1.82, 2.24) is 10.3 Å². The number of furan rings is 1. The fraction of sp³-hybridized carbons (Fsp3) is 0.158. The van der Waals surface area contributed by atoms with Crippen molar-refractivity contribution in [2.75, 3.05) is 0 Å². The molecule has 0 fully saturated rings. The van der Waals surface area contributed by atoms with Crippen molar-refractivity contribution in [2.24, 2.45) is 0 Å². The Hall–Kier alpha value is -2.88. The Morgan fingerprint density at radius 3 is 2.83 bits per heavy atom. The van der Waals surface area contributed by atoms with Crippen LogP contribution in [0.15, 0.2) is 59.2 Å². The molecule has 1 aromatic carbocycles. The first-order valence-electron chi connectivity index (χ1n) is 7.52. The minimum Gasteiger partial charge on any atom is -0.464 e. The molecule has 0 aliphatic heterocycles. The molecule has 2 aromatic heterocycles. The summed E-state index contributed by atoms with van der Waals surface area (Å²) in [6.45, 7) is 3.77. The highest BCUT2D eigenvalue weighted by Gasteiger charge is 2.11. The molecule has 3 aromatic rings. The number of nitrogens with one attached hydrogen (secondary N) is 1. The third kappa shape index (κ3) is 3.48. The Labute approximate surface area is 134 Å². The van der Waals surface area contributed by atoms with Crippen molar-refractivity contribution in [2.45, 2.75) is 19.9 Å². The van der Waals surface area contributed by atoms with E-state index in [1.54, 1.807) is 12.3 Å². The molecule has 3 rings (SSSR count). The van der Waals surface area contributed by atoms with E-state index < -0.39 is 0 Å². The largest absolute Gasteiger partial charge is 0.464 e. The van der Waals surface area contributed by atoms with Crippen LogP contribution in [-0.4, -0.2) is 10.9 Å². The topological polar surface area (TPSA) is 55.1 Å². The molecule has 0 spiro atoms. The van der Waals surface area contributed by atoms with Crippen LogP contribution in [0.5, 0.6) is 0 Å². The zero-order valence-corrected chi connectivity index (χ0v) is 13.1. The number of aryl methyl sites for hydroxylation is 1. The molecule has 0 saturated carbocycles. The summed E-state index contributed by atoms with van der Waals surface area (Å²) in [5.74, 6) is 1.41. The lowest BCUT2D eigenvalue weighted by Crippen LogP contribution is -2.24. The monoisotopic (exact) mass is 306 g/mol. The number of benzene rings is 1. The molecule has 4 nitrogen and oxygen atoms in total.